The van der Waals surface area contributed by atoms with Crippen LogP contribution in [0, 0.1) is 0 Å². The van der Waals surface area contributed by atoms with E-state index in [4.69, 9.17) is 9.47 Å². The topological polar surface area (TPSA) is 98.7 Å². The Balaban J connectivity index is 3.16. The van der Waals surface area contributed by atoms with E-state index in [0.717, 1.165) is 0 Å². The van der Waals surface area contributed by atoms with E-state index in [9.17, 15) is 14.4 Å². The molecule has 1 heterocycles. The summed E-state index contributed by atoms with van der Waals surface area (Å²) in [4.78, 5) is 43.5. The first-order chi connectivity index (χ1) is 10.4. The summed E-state index contributed by atoms with van der Waals surface area (Å²) in [5, 5.41) is 0. The van der Waals surface area contributed by atoms with Crippen molar-refractivity contribution in [2.45, 2.75) is 52.7 Å². The minimum atomic E-state index is -0.967. The van der Waals surface area contributed by atoms with Crippen molar-refractivity contribution in [3.8, 4) is 0 Å². The normalized spacial score (nSPS) is 11.6. The first-order valence-corrected chi connectivity index (χ1v) is 6.96. The lowest BCUT2D eigenvalue weighted by Crippen LogP contribution is -2.44. The Morgan fingerprint density at radius 1 is 0.957 bits per heavy atom. The van der Waals surface area contributed by atoms with Gasteiger partial charge in [-0.25, -0.2) is 19.6 Å². The molecule has 0 aliphatic rings. The van der Waals surface area contributed by atoms with Crippen molar-refractivity contribution >= 4 is 24.4 Å². The molecule has 0 bridgehead atoms. The van der Waals surface area contributed by atoms with E-state index in [-0.39, 0.29) is 11.5 Å². The third kappa shape index (κ3) is 6.01. The largest absolute Gasteiger partial charge is 0.443 e. The highest BCUT2D eigenvalue weighted by Gasteiger charge is 2.34. The van der Waals surface area contributed by atoms with Crippen molar-refractivity contribution in [3.05, 3.63) is 18.0 Å². The number of nitrogens with zero attached hydrogens (tertiary/aromatic N) is 3. The van der Waals surface area contributed by atoms with Crippen molar-refractivity contribution in [3.63, 3.8) is 0 Å². The average Bonchev–Trinajstić information content (AvgIpc) is 2.35. The zero-order valence-electron chi connectivity index (χ0n) is 14.1. The van der Waals surface area contributed by atoms with Gasteiger partial charge in [-0.05, 0) is 41.5 Å². The molecule has 8 heteroatoms. The molecule has 8 nitrogen and oxygen atoms in total. The fraction of sp³-hybridized carbons (Fsp3) is 0.533. The van der Waals surface area contributed by atoms with Crippen LogP contribution in [-0.2, 0) is 9.47 Å². The van der Waals surface area contributed by atoms with Crippen molar-refractivity contribution in [1.82, 2.24) is 9.97 Å². The lowest BCUT2D eigenvalue weighted by atomic mass is 10.2. The maximum absolute atomic E-state index is 12.3. The summed E-state index contributed by atoms with van der Waals surface area (Å²) in [5.41, 5.74) is -1.43. The van der Waals surface area contributed by atoms with Crippen LogP contribution in [0.5, 0.6) is 0 Å². The lowest BCUT2D eigenvalue weighted by Gasteiger charge is -2.27. The Morgan fingerprint density at radius 2 is 1.35 bits per heavy atom. The number of imide groups is 1. The molecule has 0 aliphatic carbocycles. The second-order valence-electron chi connectivity index (χ2n) is 6.73. The third-order valence-corrected chi connectivity index (χ3v) is 2.15. The molecule has 1 aromatic heterocycles. The van der Waals surface area contributed by atoms with E-state index in [1.54, 1.807) is 41.5 Å². The quantitative estimate of drug-likeness (QED) is 0.771. The number of carbonyl (C=O) groups is 3. The van der Waals surface area contributed by atoms with Gasteiger partial charge in [-0.1, -0.05) is 0 Å². The van der Waals surface area contributed by atoms with Gasteiger partial charge in [0.1, 0.15) is 11.2 Å². The molecule has 0 N–H and O–H groups in total. The minimum Gasteiger partial charge on any atom is -0.443 e. The minimum absolute atomic E-state index is 0.210. The van der Waals surface area contributed by atoms with Gasteiger partial charge in [0.05, 0.1) is 5.56 Å². The first-order valence-electron chi connectivity index (χ1n) is 6.96. The number of carbonyl (C=O) groups excluding carboxylic acids is 3. The van der Waals surface area contributed by atoms with E-state index in [1.807, 2.05) is 0 Å². The van der Waals surface area contributed by atoms with E-state index in [1.165, 1.54) is 12.4 Å². The summed E-state index contributed by atoms with van der Waals surface area (Å²) in [6, 6.07) is 0. The Hall–Kier alpha value is -2.51. The summed E-state index contributed by atoms with van der Waals surface area (Å²) in [7, 11) is 0. The summed E-state index contributed by atoms with van der Waals surface area (Å²) in [6.07, 6.45) is 1.000. The van der Waals surface area contributed by atoms with Crippen LogP contribution in [0.1, 0.15) is 51.9 Å². The van der Waals surface area contributed by atoms with Crippen molar-refractivity contribution in [2.24, 2.45) is 0 Å². The Bertz CT molecular complexity index is 557. The van der Waals surface area contributed by atoms with Crippen molar-refractivity contribution in [2.75, 3.05) is 4.90 Å². The van der Waals surface area contributed by atoms with E-state index in [2.05, 4.69) is 9.97 Å². The number of anilines is 1. The van der Waals surface area contributed by atoms with Crippen LogP contribution in [0.4, 0.5) is 15.5 Å². The van der Waals surface area contributed by atoms with Crippen LogP contribution in [0.15, 0.2) is 12.4 Å². The van der Waals surface area contributed by atoms with Crippen LogP contribution in [0.25, 0.3) is 0 Å². The summed E-state index contributed by atoms with van der Waals surface area (Å²) in [6.45, 7) is 9.97. The molecule has 0 saturated heterocycles. The van der Waals surface area contributed by atoms with Crippen LogP contribution in [-0.4, -0.2) is 39.6 Å². The third-order valence-electron chi connectivity index (χ3n) is 2.15. The molecular formula is C15H21N3O5. The maximum Gasteiger partial charge on any atom is 0.427 e. The Kier molecular flexibility index (Phi) is 5.42. The molecule has 0 aliphatic heterocycles. The smallest absolute Gasteiger partial charge is 0.427 e. The Morgan fingerprint density at radius 3 is 1.65 bits per heavy atom. The van der Waals surface area contributed by atoms with Crippen molar-refractivity contribution < 1.29 is 23.9 Å². The second-order valence-corrected chi connectivity index (χ2v) is 6.73. The molecule has 126 valence electrons. The number of rotatable bonds is 2. The van der Waals surface area contributed by atoms with E-state index in [0.29, 0.717) is 11.2 Å². The standard InChI is InChI=1S/C15H21N3O5/c1-14(2,3)22-12(20)18(13(21)23-15(4,5)6)11-16-7-10(9-19)8-17-11/h7-9H,1-6H3. The van der Waals surface area contributed by atoms with Crippen LogP contribution >= 0.6 is 0 Å². The number of aromatic nitrogens is 2. The van der Waals surface area contributed by atoms with Gasteiger partial charge in [0.25, 0.3) is 0 Å². The number of amides is 2. The number of hydrogen-bond donors (Lipinski definition) is 0. The second kappa shape index (κ2) is 6.72. The molecule has 0 aromatic carbocycles. The van der Waals surface area contributed by atoms with Gasteiger partial charge in [-0.3, -0.25) is 4.79 Å². The molecule has 0 radical (unpaired) electrons. The molecule has 1 aromatic rings. The molecule has 0 unspecified atom stereocenters. The van der Waals surface area contributed by atoms with Gasteiger partial charge in [-0.2, -0.15) is 0 Å². The summed E-state index contributed by atoms with van der Waals surface area (Å²) < 4.78 is 10.4. The fourth-order valence-electron chi connectivity index (χ4n) is 1.36. The zero-order valence-corrected chi connectivity index (χ0v) is 14.1. The average molecular weight is 323 g/mol. The highest BCUT2D eigenvalue weighted by molar-refractivity contribution is 6.08. The van der Waals surface area contributed by atoms with Gasteiger partial charge in [0, 0.05) is 12.4 Å². The molecule has 23 heavy (non-hydrogen) atoms. The van der Waals surface area contributed by atoms with Crippen LogP contribution in [0.2, 0.25) is 0 Å². The molecule has 1 rings (SSSR count). The molecule has 0 spiro atoms. The van der Waals surface area contributed by atoms with Gasteiger partial charge >= 0.3 is 12.2 Å². The van der Waals surface area contributed by atoms with Crippen LogP contribution < -0.4 is 4.90 Å². The zero-order chi connectivity index (χ0) is 17.8. The molecular weight excluding hydrogens is 302 g/mol. The van der Waals surface area contributed by atoms with Gasteiger partial charge in [-0.15, -0.1) is 4.90 Å². The van der Waals surface area contributed by atoms with Crippen LogP contribution in [0.3, 0.4) is 0 Å². The highest BCUT2D eigenvalue weighted by Crippen LogP contribution is 2.18. The summed E-state index contributed by atoms with van der Waals surface area (Å²) in [5.74, 6) is -0.237. The maximum atomic E-state index is 12.3. The van der Waals surface area contributed by atoms with Gasteiger partial charge in [0.2, 0.25) is 5.95 Å². The number of ether oxygens (including phenoxy) is 2. The SMILES string of the molecule is CC(C)(C)OC(=O)N(C(=O)OC(C)(C)C)c1ncc(C=O)cn1. The fourth-order valence-corrected chi connectivity index (χ4v) is 1.36. The van der Waals surface area contributed by atoms with Gasteiger partial charge < -0.3 is 9.47 Å². The number of aldehydes is 1. The Labute approximate surface area is 134 Å². The molecule has 0 atom stereocenters. The van der Waals surface area contributed by atoms with E-state index >= 15 is 0 Å². The predicted octanol–water partition coefficient (Wildman–Crippen LogP) is 2.97. The lowest BCUT2D eigenvalue weighted by molar-refractivity contribution is 0.0427. The molecule has 2 amide bonds. The predicted molar refractivity (Wildman–Crippen MR) is 82.4 cm³/mol. The summed E-state index contributed by atoms with van der Waals surface area (Å²) >= 11 is 0. The molecule has 0 saturated carbocycles. The highest BCUT2D eigenvalue weighted by atomic mass is 16.6. The molecule has 0 fully saturated rings. The van der Waals surface area contributed by atoms with Gasteiger partial charge in [0.15, 0.2) is 6.29 Å². The first kappa shape index (κ1) is 18.5. The van der Waals surface area contributed by atoms with Crippen molar-refractivity contribution in [1.29, 1.82) is 0 Å². The number of hydrogen-bond acceptors (Lipinski definition) is 7. The monoisotopic (exact) mass is 323 g/mol. The van der Waals surface area contributed by atoms with E-state index < -0.39 is 23.4 Å².